The third kappa shape index (κ3) is 2.90. The predicted octanol–water partition coefficient (Wildman–Crippen LogP) is 1.07. The van der Waals surface area contributed by atoms with E-state index in [0.717, 1.165) is 0 Å². The van der Waals surface area contributed by atoms with Gasteiger partial charge in [-0.25, -0.2) is 0 Å². The SMILES string of the molecule is C=CCN1C[C@@H]2CN(C(=O)c3cc(C(F)(F)F)[nH]n3)C[C@]2(C(=O)O)C1. The Labute approximate surface area is 141 Å². The minimum absolute atomic E-state index is 0.0479. The average molecular weight is 358 g/mol. The first-order valence-electron chi connectivity index (χ1n) is 7.66. The van der Waals surface area contributed by atoms with Crippen LogP contribution in [0.2, 0.25) is 0 Å². The molecule has 0 unspecified atom stereocenters. The smallest absolute Gasteiger partial charge is 0.432 e. The average Bonchev–Trinajstić information content (AvgIpc) is 3.18. The zero-order chi connectivity index (χ0) is 18.4. The Morgan fingerprint density at radius 2 is 2.16 bits per heavy atom. The normalized spacial score (nSPS) is 26.7. The van der Waals surface area contributed by atoms with Crippen molar-refractivity contribution in [1.29, 1.82) is 0 Å². The Balaban J connectivity index is 1.78. The molecule has 2 fully saturated rings. The van der Waals surface area contributed by atoms with E-state index in [0.29, 0.717) is 19.2 Å². The van der Waals surface area contributed by atoms with E-state index in [-0.39, 0.29) is 31.2 Å². The van der Waals surface area contributed by atoms with Crippen LogP contribution in [0.1, 0.15) is 16.2 Å². The van der Waals surface area contributed by atoms with E-state index in [1.807, 2.05) is 4.90 Å². The molecule has 3 rings (SSSR count). The van der Waals surface area contributed by atoms with Gasteiger partial charge in [0.1, 0.15) is 11.1 Å². The number of hydrogen-bond donors (Lipinski definition) is 2. The second-order valence-corrected chi connectivity index (χ2v) is 6.49. The van der Waals surface area contributed by atoms with Gasteiger partial charge in [-0.3, -0.25) is 19.6 Å². The number of carbonyl (C=O) groups excluding carboxylic acids is 1. The highest BCUT2D eigenvalue weighted by Gasteiger charge is 2.58. The van der Waals surface area contributed by atoms with Crippen molar-refractivity contribution in [2.75, 3.05) is 32.7 Å². The number of alkyl halides is 3. The van der Waals surface area contributed by atoms with E-state index in [9.17, 15) is 27.9 Å². The second kappa shape index (κ2) is 5.87. The first kappa shape index (κ1) is 17.5. The molecule has 2 atom stereocenters. The third-order valence-corrected chi connectivity index (χ3v) is 4.88. The van der Waals surface area contributed by atoms with Crippen molar-refractivity contribution in [2.24, 2.45) is 11.3 Å². The third-order valence-electron chi connectivity index (χ3n) is 4.88. The number of rotatable bonds is 4. The number of nitrogens with one attached hydrogen (secondary N) is 1. The van der Waals surface area contributed by atoms with Crippen molar-refractivity contribution in [3.63, 3.8) is 0 Å². The van der Waals surface area contributed by atoms with Crippen LogP contribution in [0.15, 0.2) is 18.7 Å². The van der Waals surface area contributed by atoms with Crippen molar-refractivity contribution in [3.05, 3.63) is 30.1 Å². The monoisotopic (exact) mass is 358 g/mol. The number of aromatic nitrogens is 2. The molecule has 7 nitrogen and oxygen atoms in total. The molecular formula is C15H17F3N4O3. The van der Waals surface area contributed by atoms with Crippen LogP contribution in [0.25, 0.3) is 0 Å². The van der Waals surface area contributed by atoms with E-state index in [1.54, 1.807) is 11.2 Å². The molecule has 2 N–H and O–H groups in total. The van der Waals surface area contributed by atoms with Crippen LogP contribution in [0.3, 0.4) is 0 Å². The summed E-state index contributed by atoms with van der Waals surface area (Å²) in [5.74, 6) is -1.98. The summed E-state index contributed by atoms with van der Waals surface area (Å²) >= 11 is 0. The summed E-state index contributed by atoms with van der Waals surface area (Å²) in [6.45, 7) is 5.08. The minimum atomic E-state index is -4.62. The van der Waals surface area contributed by atoms with Crippen LogP contribution < -0.4 is 0 Å². The topological polar surface area (TPSA) is 89.5 Å². The van der Waals surface area contributed by atoms with Gasteiger partial charge in [-0.2, -0.15) is 18.3 Å². The predicted molar refractivity (Wildman–Crippen MR) is 79.7 cm³/mol. The van der Waals surface area contributed by atoms with Crippen LogP contribution in [0.4, 0.5) is 13.2 Å². The van der Waals surface area contributed by atoms with E-state index in [1.165, 1.54) is 4.90 Å². The molecule has 1 amide bonds. The van der Waals surface area contributed by atoms with Crippen LogP contribution in [0, 0.1) is 11.3 Å². The highest BCUT2D eigenvalue weighted by Crippen LogP contribution is 2.43. The lowest BCUT2D eigenvalue weighted by molar-refractivity contribution is -0.148. The van der Waals surface area contributed by atoms with Gasteiger partial charge in [-0.15, -0.1) is 6.58 Å². The highest BCUT2D eigenvalue weighted by molar-refractivity contribution is 5.93. The number of nitrogens with zero attached hydrogens (tertiary/aromatic N) is 3. The molecular weight excluding hydrogens is 341 g/mol. The maximum absolute atomic E-state index is 12.6. The molecule has 0 aliphatic carbocycles. The molecule has 0 aromatic carbocycles. The summed E-state index contributed by atoms with van der Waals surface area (Å²) in [6, 6.07) is 0.647. The van der Waals surface area contributed by atoms with Crippen LogP contribution in [-0.2, 0) is 11.0 Å². The van der Waals surface area contributed by atoms with Gasteiger partial charge in [0, 0.05) is 44.7 Å². The number of carboxylic acids is 1. The summed E-state index contributed by atoms with van der Waals surface area (Å²) in [7, 11) is 0. The van der Waals surface area contributed by atoms with Crippen molar-refractivity contribution in [1.82, 2.24) is 20.0 Å². The number of fused-ring (bicyclic) bond motifs is 1. The molecule has 25 heavy (non-hydrogen) atoms. The summed E-state index contributed by atoms with van der Waals surface area (Å²) in [5, 5.41) is 14.9. The van der Waals surface area contributed by atoms with Crippen molar-refractivity contribution in [3.8, 4) is 0 Å². The molecule has 2 aliphatic heterocycles. The molecule has 1 aromatic heterocycles. The van der Waals surface area contributed by atoms with Gasteiger partial charge < -0.3 is 10.0 Å². The highest BCUT2D eigenvalue weighted by atomic mass is 19.4. The maximum Gasteiger partial charge on any atom is 0.432 e. The minimum Gasteiger partial charge on any atom is -0.481 e. The number of aliphatic carboxylic acids is 1. The number of hydrogen-bond acceptors (Lipinski definition) is 4. The summed E-state index contributed by atoms with van der Waals surface area (Å²) < 4.78 is 37.9. The molecule has 2 saturated heterocycles. The molecule has 0 saturated carbocycles. The van der Waals surface area contributed by atoms with E-state index < -0.39 is 29.2 Å². The summed E-state index contributed by atoms with van der Waals surface area (Å²) in [6.07, 6.45) is -2.94. The van der Waals surface area contributed by atoms with Crippen molar-refractivity contribution < 1.29 is 27.9 Å². The molecule has 136 valence electrons. The number of amides is 1. The van der Waals surface area contributed by atoms with Crippen molar-refractivity contribution in [2.45, 2.75) is 6.18 Å². The Morgan fingerprint density at radius 3 is 2.68 bits per heavy atom. The Kier molecular flexibility index (Phi) is 4.10. The first-order valence-corrected chi connectivity index (χ1v) is 7.66. The Bertz CT molecular complexity index is 717. The zero-order valence-electron chi connectivity index (χ0n) is 13.2. The molecule has 0 radical (unpaired) electrons. The Hall–Kier alpha value is -2.36. The number of halogens is 3. The maximum atomic E-state index is 12.6. The van der Waals surface area contributed by atoms with Crippen LogP contribution >= 0.6 is 0 Å². The van der Waals surface area contributed by atoms with E-state index >= 15 is 0 Å². The van der Waals surface area contributed by atoms with Gasteiger partial charge in [0.05, 0.1) is 0 Å². The van der Waals surface area contributed by atoms with Crippen LogP contribution in [0.5, 0.6) is 0 Å². The quantitative estimate of drug-likeness (QED) is 0.786. The number of H-pyrrole nitrogens is 1. The van der Waals surface area contributed by atoms with Crippen molar-refractivity contribution >= 4 is 11.9 Å². The first-order chi connectivity index (χ1) is 11.7. The van der Waals surface area contributed by atoms with Gasteiger partial charge in [0.2, 0.25) is 0 Å². The number of likely N-dealkylation sites (tertiary alicyclic amines) is 2. The van der Waals surface area contributed by atoms with Gasteiger partial charge in [-0.05, 0) is 0 Å². The molecule has 0 spiro atoms. The Morgan fingerprint density at radius 1 is 1.44 bits per heavy atom. The summed E-state index contributed by atoms with van der Waals surface area (Å²) in [4.78, 5) is 27.5. The number of carbonyl (C=O) groups is 2. The standard InChI is InChI=1S/C15H17F3N4O3/c1-2-3-21-5-9-6-22(8-14(9,7-21)13(24)25)12(23)10-4-11(20-19-10)15(16,17)18/h2,4,9H,1,3,5-8H2,(H,19,20)(H,24,25)/t9-,14-/m1/s1. The van der Waals surface area contributed by atoms with E-state index in [4.69, 9.17) is 0 Å². The largest absolute Gasteiger partial charge is 0.481 e. The fraction of sp³-hybridized carbons (Fsp3) is 0.533. The van der Waals surface area contributed by atoms with E-state index in [2.05, 4.69) is 11.7 Å². The molecule has 1 aromatic rings. The molecule has 0 bridgehead atoms. The van der Waals surface area contributed by atoms with Gasteiger partial charge in [0.25, 0.3) is 5.91 Å². The van der Waals surface area contributed by atoms with Gasteiger partial charge >= 0.3 is 12.1 Å². The fourth-order valence-electron chi connectivity index (χ4n) is 3.69. The molecule has 2 aliphatic rings. The zero-order valence-corrected chi connectivity index (χ0v) is 13.2. The van der Waals surface area contributed by atoms with Gasteiger partial charge in [0.15, 0.2) is 5.69 Å². The second-order valence-electron chi connectivity index (χ2n) is 6.49. The lowest BCUT2D eigenvalue weighted by Gasteiger charge is -2.24. The summed E-state index contributed by atoms with van der Waals surface area (Å²) in [5.41, 5.74) is -2.59. The van der Waals surface area contributed by atoms with Gasteiger partial charge in [-0.1, -0.05) is 6.08 Å². The number of aromatic amines is 1. The molecule has 3 heterocycles. The fourth-order valence-corrected chi connectivity index (χ4v) is 3.69. The molecule has 10 heteroatoms. The number of carboxylic acid groups (broad SMARTS) is 1. The lowest BCUT2D eigenvalue weighted by atomic mass is 9.81. The van der Waals surface area contributed by atoms with Crippen LogP contribution in [-0.4, -0.2) is 69.7 Å². The lowest BCUT2D eigenvalue weighted by Crippen LogP contribution is -2.42.